The molecule has 3 nitrogen and oxygen atoms in total. The van der Waals surface area contributed by atoms with Crippen LogP contribution in [0.5, 0.6) is 5.75 Å². The lowest BCUT2D eigenvalue weighted by atomic mass is 10.1. The van der Waals surface area contributed by atoms with E-state index in [9.17, 15) is 5.11 Å². The lowest BCUT2D eigenvalue weighted by Crippen LogP contribution is -1.84. The molecule has 0 aliphatic heterocycles. The fraction of sp³-hybridized carbons (Fsp3) is 0. The van der Waals surface area contributed by atoms with Crippen molar-refractivity contribution in [1.82, 2.24) is 4.98 Å². The third kappa shape index (κ3) is 1.97. The molecular weight excluding hydrogens is 224 g/mol. The van der Waals surface area contributed by atoms with Crippen molar-refractivity contribution in [3.8, 4) is 23.1 Å². The van der Waals surface area contributed by atoms with Gasteiger partial charge in [0.25, 0.3) is 0 Å². The lowest BCUT2D eigenvalue weighted by molar-refractivity contribution is 0.475. The van der Waals surface area contributed by atoms with Gasteiger partial charge in [0.2, 0.25) is 0 Å². The highest BCUT2D eigenvalue weighted by atomic mass is 35.5. The molecule has 2 rings (SSSR count). The molecular formula is C12H7ClN2O. The molecule has 0 unspecified atom stereocenters. The Morgan fingerprint density at radius 1 is 1.25 bits per heavy atom. The Balaban J connectivity index is 2.47. The fourth-order valence-corrected chi connectivity index (χ4v) is 1.51. The van der Waals surface area contributed by atoms with E-state index in [1.54, 1.807) is 24.3 Å². The second kappa shape index (κ2) is 4.21. The minimum Gasteiger partial charge on any atom is -0.506 e. The number of nitrogens with zero attached hydrogens (tertiary/aromatic N) is 2. The molecule has 0 aliphatic rings. The van der Waals surface area contributed by atoms with E-state index in [0.29, 0.717) is 16.3 Å². The number of benzene rings is 1. The summed E-state index contributed by atoms with van der Waals surface area (Å²) in [7, 11) is 0. The zero-order valence-electron chi connectivity index (χ0n) is 8.18. The summed E-state index contributed by atoms with van der Waals surface area (Å²) in [6.45, 7) is 0. The van der Waals surface area contributed by atoms with Crippen molar-refractivity contribution in [2.45, 2.75) is 0 Å². The Hall–Kier alpha value is -2.05. The maximum Gasteiger partial charge on any atom is 0.143 e. The molecule has 1 N–H and O–H groups in total. The Kier molecular flexibility index (Phi) is 2.76. The standard InChI is InChI=1S/C12H7ClN2O/c13-10-5-11(16)12(15-7-10)9-3-1-8(6-14)2-4-9/h1-5,7,16H. The molecule has 0 radical (unpaired) electrons. The van der Waals surface area contributed by atoms with E-state index in [0.717, 1.165) is 5.56 Å². The predicted octanol–water partition coefficient (Wildman–Crippen LogP) is 2.98. The van der Waals surface area contributed by atoms with Crippen molar-refractivity contribution in [1.29, 1.82) is 5.26 Å². The molecule has 1 aromatic heterocycles. The van der Waals surface area contributed by atoms with E-state index in [1.165, 1.54) is 12.3 Å². The molecule has 0 saturated heterocycles. The van der Waals surface area contributed by atoms with Gasteiger partial charge in [-0.3, -0.25) is 4.98 Å². The number of hydrogen-bond donors (Lipinski definition) is 1. The summed E-state index contributed by atoms with van der Waals surface area (Å²) in [5.41, 5.74) is 1.76. The quantitative estimate of drug-likeness (QED) is 0.819. The van der Waals surface area contributed by atoms with Crippen LogP contribution in [-0.2, 0) is 0 Å². The Morgan fingerprint density at radius 3 is 2.50 bits per heavy atom. The third-order valence-corrected chi connectivity index (χ3v) is 2.33. The van der Waals surface area contributed by atoms with Crippen LogP contribution in [-0.4, -0.2) is 10.1 Å². The van der Waals surface area contributed by atoms with E-state index in [-0.39, 0.29) is 5.75 Å². The van der Waals surface area contributed by atoms with Crippen LogP contribution in [0.25, 0.3) is 11.3 Å². The van der Waals surface area contributed by atoms with E-state index in [2.05, 4.69) is 4.98 Å². The number of rotatable bonds is 1. The van der Waals surface area contributed by atoms with Crippen LogP contribution in [0.15, 0.2) is 36.5 Å². The van der Waals surface area contributed by atoms with Gasteiger partial charge in [-0.25, -0.2) is 0 Å². The van der Waals surface area contributed by atoms with Gasteiger partial charge in [0, 0.05) is 17.8 Å². The summed E-state index contributed by atoms with van der Waals surface area (Å²) in [4.78, 5) is 4.04. The molecule has 0 aliphatic carbocycles. The van der Waals surface area contributed by atoms with Gasteiger partial charge in [-0.2, -0.15) is 5.26 Å². The average molecular weight is 231 g/mol. The van der Waals surface area contributed by atoms with E-state index in [4.69, 9.17) is 16.9 Å². The van der Waals surface area contributed by atoms with Gasteiger partial charge in [0.1, 0.15) is 11.4 Å². The van der Waals surface area contributed by atoms with Crippen molar-refractivity contribution < 1.29 is 5.11 Å². The highest BCUT2D eigenvalue weighted by Gasteiger charge is 2.06. The number of aromatic nitrogens is 1. The van der Waals surface area contributed by atoms with Crippen LogP contribution in [0.1, 0.15) is 5.56 Å². The molecule has 0 atom stereocenters. The molecule has 78 valence electrons. The van der Waals surface area contributed by atoms with Crippen LogP contribution >= 0.6 is 11.6 Å². The van der Waals surface area contributed by atoms with Crippen LogP contribution in [0.3, 0.4) is 0 Å². The summed E-state index contributed by atoms with van der Waals surface area (Å²) in [6.07, 6.45) is 1.47. The molecule has 0 saturated carbocycles. The first-order valence-corrected chi connectivity index (χ1v) is 4.93. The van der Waals surface area contributed by atoms with Gasteiger partial charge >= 0.3 is 0 Å². The van der Waals surface area contributed by atoms with E-state index in [1.807, 2.05) is 6.07 Å². The maximum atomic E-state index is 9.66. The smallest absolute Gasteiger partial charge is 0.143 e. The number of halogens is 1. The highest BCUT2D eigenvalue weighted by molar-refractivity contribution is 6.30. The molecule has 0 amide bonds. The molecule has 0 spiro atoms. The van der Waals surface area contributed by atoms with Crippen LogP contribution in [0.4, 0.5) is 0 Å². The summed E-state index contributed by atoms with van der Waals surface area (Å²) in [5.74, 6) is 0.0252. The molecule has 1 heterocycles. The number of hydrogen-bond acceptors (Lipinski definition) is 3. The second-order valence-electron chi connectivity index (χ2n) is 3.21. The average Bonchev–Trinajstić information content (AvgIpc) is 2.29. The molecule has 0 fully saturated rings. The van der Waals surface area contributed by atoms with Gasteiger partial charge in [0.15, 0.2) is 0 Å². The zero-order valence-corrected chi connectivity index (χ0v) is 8.94. The SMILES string of the molecule is N#Cc1ccc(-c2ncc(Cl)cc2O)cc1. The topological polar surface area (TPSA) is 56.9 Å². The lowest BCUT2D eigenvalue weighted by Gasteiger charge is -2.03. The largest absolute Gasteiger partial charge is 0.506 e. The summed E-state index contributed by atoms with van der Waals surface area (Å²) >= 11 is 5.69. The zero-order chi connectivity index (χ0) is 11.5. The monoisotopic (exact) mass is 230 g/mol. The Labute approximate surface area is 97.6 Å². The summed E-state index contributed by atoms with van der Waals surface area (Å²) < 4.78 is 0. The predicted molar refractivity (Wildman–Crippen MR) is 61.1 cm³/mol. The first kappa shape index (κ1) is 10.5. The van der Waals surface area contributed by atoms with Gasteiger partial charge < -0.3 is 5.11 Å². The van der Waals surface area contributed by atoms with Gasteiger partial charge in [-0.15, -0.1) is 0 Å². The van der Waals surface area contributed by atoms with Crippen molar-refractivity contribution in [2.75, 3.05) is 0 Å². The van der Waals surface area contributed by atoms with Crippen LogP contribution in [0.2, 0.25) is 5.02 Å². The summed E-state index contributed by atoms with van der Waals surface area (Å²) in [5, 5.41) is 18.7. The first-order chi connectivity index (χ1) is 7.70. The van der Waals surface area contributed by atoms with Crippen molar-refractivity contribution >= 4 is 11.6 Å². The minimum absolute atomic E-state index is 0.0252. The fourth-order valence-electron chi connectivity index (χ4n) is 1.35. The number of pyridine rings is 1. The Morgan fingerprint density at radius 2 is 1.94 bits per heavy atom. The molecule has 16 heavy (non-hydrogen) atoms. The van der Waals surface area contributed by atoms with Gasteiger partial charge in [-0.05, 0) is 12.1 Å². The van der Waals surface area contributed by atoms with Gasteiger partial charge in [0.05, 0.1) is 16.7 Å². The Bertz CT molecular complexity index is 558. The minimum atomic E-state index is 0.0252. The highest BCUT2D eigenvalue weighted by Crippen LogP contribution is 2.28. The summed E-state index contributed by atoms with van der Waals surface area (Å²) in [6, 6.07) is 10.3. The van der Waals surface area contributed by atoms with Crippen LogP contribution < -0.4 is 0 Å². The normalized spacial score (nSPS) is 9.75. The number of nitriles is 1. The molecule has 1 aromatic carbocycles. The van der Waals surface area contributed by atoms with Gasteiger partial charge in [-0.1, -0.05) is 23.7 Å². The van der Waals surface area contributed by atoms with Crippen molar-refractivity contribution in [3.63, 3.8) is 0 Å². The third-order valence-electron chi connectivity index (χ3n) is 2.12. The molecule has 0 bridgehead atoms. The van der Waals surface area contributed by atoms with Crippen molar-refractivity contribution in [2.24, 2.45) is 0 Å². The molecule has 2 aromatic rings. The van der Waals surface area contributed by atoms with Crippen LogP contribution in [0, 0.1) is 11.3 Å². The van der Waals surface area contributed by atoms with E-state index >= 15 is 0 Å². The number of aromatic hydroxyl groups is 1. The van der Waals surface area contributed by atoms with Crippen molar-refractivity contribution in [3.05, 3.63) is 47.1 Å². The first-order valence-electron chi connectivity index (χ1n) is 4.56. The van der Waals surface area contributed by atoms with E-state index < -0.39 is 0 Å². The molecule has 4 heteroatoms. The second-order valence-corrected chi connectivity index (χ2v) is 3.65. The maximum absolute atomic E-state index is 9.66.